The molecular weight excluding hydrogens is 194 g/mol. The van der Waals surface area contributed by atoms with Crippen molar-refractivity contribution < 1.29 is 9.53 Å². The Morgan fingerprint density at radius 2 is 2.47 bits per heavy atom. The first-order valence-electron chi connectivity index (χ1n) is 4.96. The van der Waals surface area contributed by atoms with Crippen molar-refractivity contribution in [2.75, 3.05) is 7.11 Å². The monoisotopic (exact) mass is 209 g/mol. The van der Waals surface area contributed by atoms with Crippen LogP contribution < -0.4 is 5.32 Å². The van der Waals surface area contributed by atoms with Gasteiger partial charge in [-0.25, -0.2) is 9.78 Å². The molecule has 1 aliphatic rings. The van der Waals surface area contributed by atoms with E-state index >= 15 is 0 Å². The maximum atomic E-state index is 11.8. The quantitative estimate of drug-likeness (QED) is 0.654. The molecule has 0 bridgehead atoms. The van der Waals surface area contributed by atoms with Crippen LogP contribution in [0, 0.1) is 0 Å². The van der Waals surface area contributed by atoms with Crippen LogP contribution in [0.1, 0.15) is 25.2 Å². The highest BCUT2D eigenvalue weighted by atomic mass is 16.5. The molecular formula is C10H15N3O2. The number of rotatable bonds is 1. The number of esters is 1. The van der Waals surface area contributed by atoms with Crippen molar-refractivity contribution in [1.29, 1.82) is 0 Å². The largest absolute Gasteiger partial charge is 0.467 e. The number of nitrogens with zero attached hydrogens (tertiary/aromatic N) is 1. The fourth-order valence-corrected chi connectivity index (χ4v) is 2.19. The van der Waals surface area contributed by atoms with E-state index < -0.39 is 5.54 Å². The number of aromatic nitrogens is 2. The summed E-state index contributed by atoms with van der Waals surface area (Å²) in [6.07, 6.45) is 2.47. The summed E-state index contributed by atoms with van der Waals surface area (Å²) in [5.41, 5.74) is 0.920. The van der Waals surface area contributed by atoms with Gasteiger partial charge < -0.3 is 9.72 Å². The molecule has 0 aliphatic carbocycles. The molecule has 5 nitrogen and oxygen atoms in total. The number of carbonyl (C=O) groups is 1. The third-order valence-corrected chi connectivity index (χ3v) is 2.83. The number of ether oxygens (including phenoxy) is 1. The molecule has 0 saturated heterocycles. The number of hydrogen-bond acceptors (Lipinski definition) is 4. The Balaban J connectivity index is 2.47. The van der Waals surface area contributed by atoms with Crippen LogP contribution in [0.5, 0.6) is 0 Å². The second-order valence-corrected chi connectivity index (χ2v) is 4.10. The maximum absolute atomic E-state index is 11.8. The van der Waals surface area contributed by atoms with Gasteiger partial charge in [-0.05, 0) is 13.8 Å². The van der Waals surface area contributed by atoms with E-state index in [1.54, 1.807) is 13.3 Å². The van der Waals surface area contributed by atoms with Crippen LogP contribution in [-0.4, -0.2) is 29.1 Å². The molecule has 0 radical (unpaired) electrons. The summed E-state index contributed by atoms with van der Waals surface area (Å²) in [4.78, 5) is 19.0. The van der Waals surface area contributed by atoms with Gasteiger partial charge in [0.15, 0.2) is 5.54 Å². The van der Waals surface area contributed by atoms with Crippen molar-refractivity contribution in [1.82, 2.24) is 15.3 Å². The predicted octanol–water partition coefficient (Wildman–Crippen LogP) is 0.332. The summed E-state index contributed by atoms with van der Waals surface area (Å²) in [5.74, 6) is -0.303. The Kier molecular flexibility index (Phi) is 2.26. The SMILES string of the molecule is COC(=O)[C@]1(C)N[C@@H](C)Cc2[nH]cnc21. The molecule has 0 saturated carbocycles. The minimum Gasteiger partial charge on any atom is -0.467 e. The highest BCUT2D eigenvalue weighted by molar-refractivity contribution is 5.82. The molecule has 0 unspecified atom stereocenters. The zero-order valence-electron chi connectivity index (χ0n) is 9.13. The van der Waals surface area contributed by atoms with E-state index in [-0.39, 0.29) is 12.0 Å². The molecule has 2 atom stereocenters. The van der Waals surface area contributed by atoms with Gasteiger partial charge in [-0.3, -0.25) is 5.32 Å². The van der Waals surface area contributed by atoms with Crippen molar-refractivity contribution in [2.45, 2.75) is 31.8 Å². The lowest BCUT2D eigenvalue weighted by Gasteiger charge is -2.34. The zero-order chi connectivity index (χ0) is 11.1. The minimum absolute atomic E-state index is 0.224. The average Bonchev–Trinajstić information content (AvgIpc) is 2.64. The zero-order valence-corrected chi connectivity index (χ0v) is 9.13. The molecule has 1 aromatic heterocycles. The highest BCUT2D eigenvalue weighted by Crippen LogP contribution is 2.28. The van der Waals surface area contributed by atoms with E-state index in [4.69, 9.17) is 4.74 Å². The van der Waals surface area contributed by atoms with Gasteiger partial charge in [0.1, 0.15) is 0 Å². The first-order valence-corrected chi connectivity index (χ1v) is 4.96. The summed E-state index contributed by atoms with van der Waals surface area (Å²) in [5, 5.41) is 3.23. The lowest BCUT2D eigenvalue weighted by molar-refractivity contribution is -0.149. The number of nitrogens with one attached hydrogen (secondary N) is 2. The lowest BCUT2D eigenvalue weighted by atomic mass is 9.88. The molecule has 5 heteroatoms. The molecule has 82 valence electrons. The normalized spacial score (nSPS) is 29.7. The third-order valence-electron chi connectivity index (χ3n) is 2.83. The summed E-state index contributed by atoms with van der Waals surface area (Å²) < 4.78 is 4.81. The summed E-state index contributed by atoms with van der Waals surface area (Å²) in [6.45, 7) is 3.83. The van der Waals surface area contributed by atoms with Crippen molar-refractivity contribution in [3.05, 3.63) is 17.7 Å². The van der Waals surface area contributed by atoms with Crippen molar-refractivity contribution >= 4 is 5.97 Å². The Bertz CT molecular complexity index is 388. The van der Waals surface area contributed by atoms with Crippen molar-refractivity contribution in [3.8, 4) is 0 Å². The number of aromatic amines is 1. The first-order chi connectivity index (χ1) is 7.08. The van der Waals surface area contributed by atoms with Gasteiger partial charge in [-0.2, -0.15) is 0 Å². The fourth-order valence-electron chi connectivity index (χ4n) is 2.19. The second kappa shape index (κ2) is 3.34. The number of fused-ring (bicyclic) bond motifs is 1. The van der Waals surface area contributed by atoms with Gasteiger partial charge >= 0.3 is 5.97 Å². The van der Waals surface area contributed by atoms with E-state index in [1.807, 2.05) is 6.92 Å². The average molecular weight is 209 g/mol. The van der Waals surface area contributed by atoms with Gasteiger partial charge in [-0.15, -0.1) is 0 Å². The van der Waals surface area contributed by atoms with E-state index in [0.717, 1.165) is 17.8 Å². The van der Waals surface area contributed by atoms with Gasteiger partial charge in [0.05, 0.1) is 19.1 Å². The first kappa shape index (κ1) is 10.2. The van der Waals surface area contributed by atoms with Crippen molar-refractivity contribution in [2.24, 2.45) is 0 Å². The highest BCUT2D eigenvalue weighted by Gasteiger charge is 2.44. The van der Waals surface area contributed by atoms with E-state index in [1.165, 1.54) is 7.11 Å². The van der Waals surface area contributed by atoms with Crippen molar-refractivity contribution in [3.63, 3.8) is 0 Å². The molecule has 2 N–H and O–H groups in total. The maximum Gasteiger partial charge on any atom is 0.332 e. The van der Waals surface area contributed by atoms with Gasteiger partial charge in [-0.1, -0.05) is 0 Å². The molecule has 2 heterocycles. The fraction of sp³-hybridized carbons (Fsp3) is 0.600. The van der Waals surface area contributed by atoms with Crippen LogP contribution in [-0.2, 0) is 21.5 Å². The Hall–Kier alpha value is -1.36. The summed E-state index contributed by atoms with van der Waals surface area (Å²) in [7, 11) is 1.39. The van der Waals surface area contributed by atoms with Crippen LogP contribution >= 0.6 is 0 Å². The van der Waals surface area contributed by atoms with Crippen LogP contribution in [0.25, 0.3) is 0 Å². The van der Waals surface area contributed by atoms with Crippen LogP contribution in [0.3, 0.4) is 0 Å². The number of hydrogen-bond donors (Lipinski definition) is 2. The summed E-state index contributed by atoms with van der Waals surface area (Å²) in [6, 6.07) is 0.224. The number of imidazole rings is 1. The third kappa shape index (κ3) is 1.43. The molecule has 2 rings (SSSR count). The Morgan fingerprint density at radius 3 is 3.13 bits per heavy atom. The van der Waals surface area contributed by atoms with Gasteiger partial charge in [0.2, 0.25) is 0 Å². The van der Waals surface area contributed by atoms with Crippen LogP contribution in [0.2, 0.25) is 0 Å². The number of methoxy groups -OCH3 is 1. The molecule has 1 aliphatic heterocycles. The molecule has 0 fully saturated rings. The van der Waals surface area contributed by atoms with E-state index in [9.17, 15) is 4.79 Å². The van der Waals surface area contributed by atoms with E-state index in [0.29, 0.717) is 0 Å². The van der Waals surface area contributed by atoms with Gasteiger partial charge in [0, 0.05) is 18.2 Å². The molecule has 0 spiro atoms. The molecule has 0 amide bonds. The number of carbonyl (C=O) groups excluding carboxylic acids is 1. The summed E-state index contributed by atoms with van der Waals surface area (Å²) >= 11 is 0. The van der Waals surface area contributed by atoms with Crippen LogP contribution in [0.4, 0.5) is 0 Å². The molecule has 1 aromatic rings. The molecule has 0 aromatic carbocycles. The second-order valence-electron chi connectivity index (χ2n) is 4.10. The van der Waals surface area contributed by atoms with E-state index in [2.05, 4.69) is 15.3 Å². The van der Waals surface area contributed by atoms with Gasteiger partial charge in [0.25, 0.3) is 0 Å². The minimum atomic E-state index is -0.832. The Morgan fingerprint density at radius 1 is 1.73 bits per heavy atom. The smallest absolute Gasteiger partial charge is 0.332 e. The lowest BCUT2D eigenvalue weighted by Crippen LogP contribution is -2.55. The topological polar surface area (TPSA) is 67.0 Å². The number of H-pyrrole nitrogens is 1. The standard InChI is InChI=1S/C10H15N3O2/c1-6-4-7-8(12-5-11-7)10(2,13-6)9(14)15-3/h5-6,13H,4H2,1-3H3,(H,11,12)/t6-,10+/m0/s1. The Labute approximate surface area is 88.2 Å². The van der Waals surface area contributed by atoms with Crippen LogP contribution in [0.15, 0.2) is 6.33 Å². The predicted molar refractivity (Wildman–Crippen MR) is 54.3 cm³/mol. The molecule has 15 heavy (non-hydrogen) atoms.